The first-order valence-corrected chi connectivity index (χ1v) is 8.34. The van der Waals surface area contributed by atoms with Gasteiger partial charge in [0.15, 0.2) is 0 Å². The van der Waals surface area contributed by atoms with Gasteiger partial charge in [0.2, 0.25) is 11.9 Å². The van der Waals surface area contributed by atoms with Gasteiger partial charge in [0.05, 0.1) is 24.3 Å². The molecule has 4 amide bonds. The summed E-state index contributed by atoms with van der Waals surface area (Å²) in [6.45, 7) is -1.46. The molecule has 1 unspecified atom stereocenters. The number of likely N-dealkylation sites (tertiary alicyclic amines) is 1. The standard InChI is InChI=1S/C17H17N3O7/c21-8-7-19-13(22)6-5-12(15(19)25)20(18-9-14(23)24)16(26)10-3-1-2-4-11(10)17(20)27/h1-4,12,18,21H,5-9H2/p+1. The third kappa shape index (κ3) is 2.83. The number of β-amino-alcohol motifs (C(OH)–C–C–N with tert-alkyl or cyclic N) is 1. The van der Waals surface area contributed by atoms with E-state index in [0.717, 1.165) is 4.90 Å². The van der Waals surface area contributed by atoms with Gasteiger partial charge in [-0.2, -0.15) is 0 Å². The molecule has 10 nitrogen and oxygen atoms in total. The van der Waals surface area contributed by atoms with Gasteiger partial charge >= 0.3 is 17.8 Å². The number of hydrogen-bond donors (Lipinski definition) is 3. The maximum atomic E-state index is 13.1. The molecule has 10 heteroatoms. The molecule has 1 saturated heterocycles. The van der Waals surface area contributed by atoms with Crippen LogP contribution in [0.1, 0.15) is 33.6 Å². The van der Waals surface area contributed by atoms with Gasteiger partial charge in [-0.3, -0.25) is 19.3 Å². The van der Waals surface area contributed by atoms with E-state index in [1.54, 1.807) is 12.1 Å². The molecule has 3 rings (SSSR count). The van der Waals surface area contributed by atoms with Crippen LogP contribution >= 0.6 is 0 Å². The first-order chi connectivity index (χ1) is 12.8. The van der Waals surface area contributed by atoms with E-state index in [1.807, 2.05) is 0 Å². The lowest BCUT2D eigenvalue weighted by Crippen LogP contribution is -2.73. The van der Waals surface area contributed by atoms with Crippen molar-refractivity contribution in [2.24, 2.45) is 0 Å². The molecule has 0 aromatic heterocycles. The largest absolute Gasteiger partial charge is 0.480 e. The summed E-state index contributed by atoms with van der Waals surface area (Å²) in [5, 5.41) is 18.2. The van der Waals surface area contributed by atoms with Gasteiger partial charge in [-0.05, 0) is 12.1 Å². The van der Waals surface area contributed by atoms with Gasteiger partial charge in [0.1, 0.15) is 6.54 Å². The van der Waals surface area contributed by atoms with E-state index in [0.29, 0.717) is 0 Å². The molecule has 2 aliphatic rings. The predicted octanol–water partition coefficient (Wildman–Crippen LogP) is -1.10. The van der Waals surface area contributed by atoms with Crippen LogP contribution in [0.4, 0.5) is 0 Å². The third-order valence-electron chi connectivity index (χ3n) is 4.78. The molecule has 3 N–H and O–H groups in total. The van der Waals surface area contributed by atoms with Crippen molar-refractivity contribution in [1.29, 1.82) is 0 Å². The summed E-state index contributed by atoms with van der Waals surface area (Å²) in [5.74, 6) is -4.11. The normalized spacial score (nSPS) is 21.5. The molecule has 2 heterocycles. The van der Waals surface area contributed by atoms with Crippen molar-refractivity contribution >= 4 is 29.6 Å². The molecule has 0 radical (unpaired) electrons. The van der Waals surface area contributed by atoms with Gasteiger partial charge in [-0.25, -0.2) is 9.59 Å². The molecule has 1 aromatic rings. The number of carboxylic acid groups (broad SMARTS) is 1. The van der Waals surface area contributed by atoms with Crippen molar-refractivity contribution in [3.63, 3.8) is 0 Å². The number of aliphatic hydroxyl groups is 1. The number of benzene rings is 1. The Balaban J connectivity index is 2.09. The van der Waals surface area contributed by atoms with Crippen LogP contribution in [0.2, 0.25) is 0 Å². The van der Waals surface area contributed by atoms with Crippen molar-refractivity contribution in [3.8, 4) is 0 Å². The molecular formula is C17H18N3O7+. The fourth-order valence-electron chi connectivity index (χ4n) is 3.57. The second kappa shape index (κ2) is 6.99. The Hall–Kier alpha value is -2.95. The lowest BCUT2D eigenvalue weighted by molar-refractivity contribution is -0.828. The first-order valence-electron chi connectivity index (χ1n) is 8.34. The van der Waals surface area contributed by atoms with Gasteiger partial charge in [0.25, 0.3) is 5.91 Å². The van der Waals surface area contributed by atoms with E-state index >= 15 is 0 Å². The van der Waals surface area contributed by atoms with Gasteiger partial charge in [-0.15, -0.1) is 10.0 Å². The summed E-state index contributed by atoms with van der Waals surface area (Å²) >= 11 is 0. The lowest BCUT2D eigenvalue weighted by Gasteiger charge is -2.39. The summed E-state index contributed by atoms with van der Waals surface area (Å²) in [6, 6.07) is 4.68. The monoisotopic (exact) mass is 376 g/mol. The molecule has 142 valence electrons. The maximum absolute atomic E-state index is 13.1. The molecule has 27 heavy (non-hydrogen) atoms. The lowest BCUT2D eigenvalue weighted by atomic mass is 10.0. The van der Waals surface area contributed by atoms with Crippen LogP contribution in [-0.4, -0.2) is 75.0 Å². The minimum atomic E-state index is -1.31. The molecule has 0 spiro atoms. The predicted molar refractivity (Wildman–Crippen MR) is 87.8 cm³/mol. The van der Waals surface area contributed by atoms with Gasteiger partial charge in [0, 0.05) is 12.8 Å². The van der Waals surface area contributed by atoms with Crippen molar-refractivity contribution in [2.45, 2.75) is 18.9 Å². The van der Waals surface area contributed by atoms with E-state index in [-0.39, 0.29) is 30.5 Å². The van der Waals surface area contributed by atoms with Gasteiger partial charge in [-0.1, -0.05) is 12.1 Å². The number of hydrogen-bond acceptors (Lipinski definition) is 7. The van der Waals surface area contributed by atoms with Crippen LogP contribution < -0.4 is 5.43 Å². The van der Waals surface area contributed by atoms with E-state index < -0.39 is 53.4 Å². The molecule has 1 atom stereocenters. The van der Waals surface area contributed by atoms with Crippen molar-refractivity contribution < 1.29 is 38.8 Å². The zero-order valence-corrected chi connectivity index (χ0v) is 14.3. The zero-order valence-electron chi connectivity index (χ0n) is 14.3. The Bertz CT molecular complexity index is 816. The quantitative estimate of drug-likeness (QED) is 0.420. The fraction of sp³-hybridized carbons (Fsp3) is 0.353. The number of carbonyl (C=O) groups is 5. The second-order valence-corrected chi connectivity index (χ2v) is 6.27. The van der Waals surface area contributed by atoms with Crippen LogP contribution in [0.15, 0.2) is 24.3 Å². The van der Waals surface area contributed by atoms with Crippen LogP contribution in [0.3, 0.4) is 0 Å². The highest BCUT2D eigenvalue weighted by molar-refractivity contribution is 6.15. The Morgan fingerprint density at radius 3 is 2.26 bits per heavy atom. The second-order valence-electron chi connectivity index (χ2n) is 6.27. The fourth-order valence-corrected chi connectivity index (χ4v) is 3.57. The number of imide groups is 2. The van der Waals surface area contributed by atoms with Crippen molar-refractivity contribution in [2.75, 3.05) is 19.7 Å². The number of nitrogens with one attached hydrogen (secondary N) is 1. The Kier molecular flexibility index (Phi) is 4.87. The highest BCUT2D eigenvalue weighted by Crippen LogP contribution is 2.34. The molecule has 1 aromatic carbocycles. The molecule has 0 bridgehead atoms. The number of amides is 4. The number of aliphatic carboxylic acids is 1. The van der Waals surface area contributed by atoms with Crippen molar-refractivity contribution in [3.05, 3.63) is 35.4 Å². The SMILES string of the molecule is O=C(O)CN[N+]1(C2CCC(=O)N(CCO)C2=O)C(=O)c2ccccc2C1=O. The van der Waals surface area contributed by atoms with Gasteiger partial charge < -0.3 is 10.2 Å². The number of fused-ring (bicyclic) bond motifs is 1. The Labute approximate surface area is 153 Å². The first kappa shape index (κ1) is 18.8. The van der Waals surface area contributed by atoms with Crippen LogP contribution in [-0.2, 0) is 14.4 Å². The molecule has 1 fully saturated rings. The Morgan fingerprint density at radius 1 is 1.15 bits per heavy atom. The minimum absolute atomic E-state index is 0.0822. The van der Waals surface area contributed by atoms with E-state index in [9.17, 15) is 24.0 Å². The number of piperidine rings is 1. The van der Waals surface area contributed by atoms with Crippen molar-refractivity contribution in [1.82, 2.24) is 10.3 Å². The summed E-state index contributed by atoms with van der Waals surface area (Å²) in [7, 11) is 0. The summed E-state index contributed by atoms with van der Waals surface area (Å²) in [5.41, 5.74) is 2.60. The minimum Gasteiger partial charge on any atom is -0.480 e. The number of rotatable bonds is 6. The highest BCUT2D eigenvalue weighted by Gasteiger charge is 2.63. The average molecular weight is 376 g/mol. The Morgan fingerprint density at radius 2 is 1.74 bits per heavy atom. The topological polar surface area (TPSA) is 141 Å². The maximum Gasteiger partial charge on any atom is 0.374 e. The number of aliphatic hydroxyl groups excluding tert-OH is 1. The molecule has 2 aliphatic heterocycles. The highest BCUT2D eigenvalue weighted by atomic mass is 16.4. The molecule has 0 aliphatic carbocycles. The third-order valence-corrected chi connectivity index (χ3v) is 4.78. The number of nitrogens with zero attached hydrogens (tertiary/aromatic N) is 2. The average Bonchev–Trinajstić information content (AvgIpc) is 2.86. The number of quaternary nitrogens is 1. The van der Waals surface area contributed by atoms with Crippen LogP contribution in [0.25, 0.3) is 0 Å². The molecular weight excluding hydrogens is 358 g/mol. The van der Waals surface area contributed by atoms with Crippen LogP contribution in [0, 0.1) is 0 Å². The summed E-state index contributed by atoms with van der Waals surface area (Å²) in [6.07, 6.45) is -0.209. The van der Waals surface area contributed by atoms with E-state index in [4.69, 9.17) is 10.2 Å². The summed E-state index contributed by atoms with van der Waals surface area (Å²) < 4.78 is -1.21. The smallest absolute Gasteiger partial charge is 0.374 e. The number of carboxylic acids is 1. The zero-order chi connectivity index (χ0) is 19.8. The number of carbonyl (C=O) groups excluding carboxylic acids is 4. The van der Waals surface area contributed by atoms with E-state index in [2.05, 4.69) is 5.43 Å². The van der Waals surface area contributed by atoms with Crippen LogP contribution in [0.5, 0.6) is 0 Å². The summed E-state index contributed by atoms with van der Waals surface area (Å²) in [4.78, 5) is 63.0. The molecule has 0 saturated carbocycles. The van der Waals surface area contributed by atoms with E-state index in [1.165, 1.54) is 12.1 Å².